The van der Waals surface area contributed by atoms with Gasteiger partial charge in [0.1, 0.15) is 11.6 Å². The number of phenols is 1. The van der Waals surface area contributed by atoms with Gasteiger partial charge in [0.25, 0.3) is 0 Å². The Bertz CT molecular complexity index is 551. The van der Waals surface area contributed by atoms with Gasteiger partial charge in [-0.1, -0.05) is 22.0 Å². The normalized spacial score (nSPS) is 10.4. The van der Waals surface area contributed by atoms with Crippen LogP contribution in [0.2, 0.25) is 0 Å². The van der Waals surface area contributed by atoms with Gasteiger partial charge in [0.15, 0.2) is 0 Å². The lowest BCUT2D eigenvalue weighted by atomic mass is 10.1. The molecule has 0 aliphatic carbocycles. The predicted octanol–water partition coefficient (Wildman–Crippen LogP) is 4.21. The van der Waals surface area contributed by atoms with Crippen LogP contribution in [0.15, 0.2) is 40.9 Å². The first-order chi connectivity index (χ1) is 8.56. The van der Waals surface area contributed by atoms with Crippen molar-refractivity contribution in [2.75, 3.05) is 5.32 Å². The summed E-state index contributed by atoms with van der Waals surface area (Å²) in [5.41, 5.74) is 2.78. The van der Waals surface area contributed by atoms with Crippen LogP contribution in [0, 0.1) is 12.7 Å². The van der Waals surface area contributed by atoms with Gasteiger partial charge in [-0.3, -0.25) is 0 Å². The average Bonchev–Trinajstić information content (AvgIpc) is 2.30. The topological polar surface area (TPSA) is 32.3 Å². The van der Waals surface area contributed by atoms with Crippen LogP contribution in [0.4, 0.5) is 10.1 Å². The third-order valence-corrected chi connectivity index (χ3v) is 3.55. The molecule has 0 unspecified atom stereocenters. The van der Waals surface area contributed by atoms with Crippen LogP contribution in [0.1, 0.15) is 11.1 Å². The van der Waals surface area contributed by atoms with Gasteiger partial charge in [0, 0.05) is 22.8 Å². The Morgan fingerprint density at radius 3 is 2.78 bits per heavy atom. The van der Waals surface area contributed by atoms with E-state index in [-0.39, 0.29) is 5.75 Å². The Kier molecular flexibility index (Phi) is 3.87. The first kappa shape index (κ1) is 12.9. The number of halogens is 2. The third kappa shape index (κ3) is 3.01. The van der Waals surface area contributed by atoms with Crippen molar-refractivity contribution in [1.82, 2.24) is 0 Å². The second-order valence-corrected chi connectivity index (χ2v) is 4.94. The highest BCUT2D eigenvalue weighted by Crippen LogP contribution is 2.24. The minimum absolute atomic E-state index is 0.0576. The van der Waals surface area contributed by atoms with Crippen molar-refractivity contribution in [2.45, 2.75) is 13.5 Å². The SMILES string of the molecule is Cc1c(Br)cccc1NCc1cc(O)cc(F)c1. The average molecular weight is 310 g/mol. The number of hydrogen-bond acceptors (Lipinski definition) is 2. The first-order valence-corrected chi connectivity index (χ1v) is 6.33. The summed E-state index contributed by atoms with van der Waals surface area (Å²) in [7, 11) is 0. The molecule has 4 heteroatoms. The number of hydrogen-bond donors (Lipinski definition) is 2. The number of anilines is 1. The molecule has 0 radical (unpaired) electrons. The minimum Gasteiger partial charge on any atom is -0.508 e. The monoisotopic (exact) mass is 309 g/mol. The Balaban J connectivity index is 2.14. The molecule has 2 aromatic rings. The largest absolute Gasteiger partial charge is 0.508 e. The zero-order valence-corrected chi connectivity index (χ0v) is 11.5. The molecule has 2 N–H and O–H groups in total. The second kappa shape index (κ2) is 5.40. The molecule has 2 rings (SSSR count). The molecule has 0 aliphatic heterocycles. The molecule has 18 heavy (non-hydrogen) atoms. The summed E-state index contributed by atoms with van der Waals surface area (Å²) in [4.78, 5) is 0. The van der Waals surface area contributed by atoms with Crippen molar-refractivity contribution in [3.8, 4) is 5.75 Å². The zero-order chi connectivity index (χ0) is 13.1. The van der Waals surface area contributed by atoms with Gasteiger partial charge in [-0.25, -0.2) is 4.39 Å². The molecule has 0 spiro atoms. The van der Waals surface area contributed by atoms with Crippen LogP contribution in [-0.4, -0.2) is 5.11 Å². The van der Waals surface area contributed by atoms with E-state index in [2.05, 4.69) is 21.2 Å². The van der Waals surface area contributed by atoms with Crippen molar-refractivity contribution in [2.24, 2.45) is 0 Å². The molecular formula is C14H13BrFNO. The van der Waals surface area contributed by atoms with Crippen LogP contribution < -0.4 is 5.32 Å². The van der Waals surface area contributed by atoms with E-state index < -0.39 is 5.82 Å². The van der Waals surface area contributed by atoms with Crippen molar-refractivity contribution < 1.29 is 9.50 Å². The first-order valence-electron chi connectivity index (χ1n) is 5.53. The van der Waals surface area contributed by atoms with Crippen LogP contribution in [0.5, 0.6) is 5.75 Å². The van der Waals surface area contributed by atoms with E-state index in [9.17, 15) is 9.50 Å². The highest BCUT2D eigenvalue weighted by atomic mass is 79.9. The number of aromatic hydroxyl groups is 1. The molecule has 0 bridgehead atoms. The predicted molar refractivity (Wildman–Crippen MR) is 74.3 cm³/mol. The van der Waals surface area contributed by atoms with E-state index in [1.807, 2.05) is 25.1 Å². The van der Waals surface area contributed by atoms with E-state index >= 15 is 0 Å². The summed E-state index contributed by atoms with van der Waals surface area (Å²) in [6.07, 6.45) is 0. The fourth-order valence-corrected chi connectivity index (χ4v) is 2.10. The lowest BCUT2D eigenvalue weighted by Gasteiger charge is -2.11. The van der Waals surface area contributed by atoms with Gasteiger partial charge in [-0.05, 0) is 42.3 Å². The van der Waals surface area contributed by atoms with Crippen LogP contribution in [0.3, 0.4) is 0 Å². The smallest absolute Gasteiger partial charge is 0.127 e. The number of phenolic OH excluding ortho intramolecular Hbond substituents is 1. The van der Waals surface area contributed by atoms with Gasteiger partial charge >= 0.3 is 0 Å². The van der Waals surface area contributed by atoms with E-state index in [4.69, 9.17) is 0 Å². The van der Waals surface area contributed by atoms with Gasteiger partial charge in [0.05, 0.1) is 0 Å². The zero-order valence-electron chi connectivity index (χ0n) is 9.87. The Morgan fingerprint density at radius 1 is 1.28 bits per heavy atom. The standard InChI is InChI=1S/C14H13BrFNO/c1-9-13(15)3-2-4-14(9)17-8-10-5-11(16)7-12(18)6-10/h2-7,17-18H,8H2,1H3. The molecule has 0 heterocycles. The van der Waals surface area contributed by atoms with E-state index in [0.29, 0.717) is 12.1 Å². The van der Waals surface area contributed by atoms with Crippen molar-refractivity contribution in [1.29, 1.82) is 0 Å². The van der Waals surface area contributed by atoms with Crippen molar-refractivity contribution >= 4 is 21.6 Å². The summed E-state index contributed by atoms with van der Waals surface area (Å²) in [6, 6.07) is 9.90. The summed E-state index contributed by atoms with van der Waals surface area (Å²) >= 11 is 3.46. The molecule has 2 nitrogen and oxygen atoms in total. The van der Waals surface area contributed by atoms with Crippen molar-refractivity contribution in [3.63, 3.8) is 0 Å². The van der Waals surface area contributed by atoms with Crippen LogP contribution >= 0.6 is 15.9 Å². The summed E-state index contributed by atoms with van der Waals surface area (Å²) < 4.78 is 14.1. The maximum Gasteiger partial charge on any atom is 0.127 e. The van der Waals surface area contributed by atoms with Gasteiger partial charge in [0.2, 0.25) is 0 Å². The van der Waals surface area contributed by atoms with Crippen molar-refractivity contribution in [3.05, 3.63) is 57.8 Å². The summed E-state index contributed by atoms with van der Waals surface area (Å²) in [5.74, 6) is -0.490. The summed E-state index contributed by atoms with van der Waals surface area (Å²) in [5, 5.41) is 12.5. The molecule has 0 aromatic heterocycles. The van der Waals surface area contributed by atoms with Gasteiger partial charge in [-0.15, -0.1) is 0 Å². The molecule has 0 fully saturated rings. The van der Waals surface area contributed by atoms with Crippen LogP contribution in [0.25, 0.3) is 0 Å². The lowest BCUT2D eigenvalue weighted by Crippen LogP contribution is -2.01. The fraction of sp³-hybridized carbons (Fsp3) is 0.143. The van der Waals surface area contributed by atoms with Gasteiger partial charge < -0.3 is 10.4 Å². The molecule has 0 atom stereocenters. The Morgan fingerprint density at radius 2 is 2.06 bits per heavy atom. The highest BCUT2D eigenvalue weighted by molar-refractivity contribution is 9.10. The number of nitrogens with one attached hydrogen (secondary N) is 1. The lowest BCUT2D eigenvalue weighted by molar-refractivity contribution is 0.468. The molecule has 0 aliphatic rings. The van der Waals surface area contributed by atoms with Gasteiger partial charge in [-0.2, -0.15) is 0 Å². The maximum atomic E-state index is 13.1. The number of benzene rings is 2. The van der Waals surface area contributed by atoms with E-state index in [1.165, 1.54) is 6.07 Å². The molecule has 0 amide bonds. The second-order valence-electron chi connectivity index (χ2n) is 4.08. The fourth-order valence-electron chi connectivity index (χ4n) is 1.73. The van der Waals surface area contributed by atoms with E-state index in [1.54, 1.807) is 6.07 Å². The Hall–Kier alpha value is -1.55. The molecule has 0 saturated carbocycles. The summed E-state index contributed by atoms with van der Waals surface area (Å²) in [6.45, 7) is 2.46. The highest BCUT2D eigenvalue weighted by Gasteiger charge is 2.03. The molecular weight excluding hydrogens is 297 g/mol. The quantitative estimate of drug-likeness (QED) is 0.890. The Labute approximate surface area is 114 Å². The number of rotatable bonds is 3. The van der Waals surface area contributed by atoms with Crippen LogP contribution in [-0.2, 0) is 6.54 Å². The minimum atomic E-state index is -0.433. The molecule has 0 saturated heterocycles. The maximum absolute atomic E-state index is 13.1. The third-order valence-electron chi connectivity index (χ3n) is 2.69. The molecule has 94 valence electrons. The van der Waals surface area contributed by atoms with E-state index in [0.717, 1.165) is 21.8 Å². The molecule has 2 aromatic carbocycles.